The molecule has 2 rings (SSSR count). The number of nitrogens with zero attached hydrogens (tertiary/aromatic N) is 3. The van der Waals surface area contributed by atoms with E-state index in [2.05, 4.69) is 9.97 Å². The molecule has 0 unspecified atom stereocenters. The second-order valence-corrected chi connectivity index (χ2v) is 3.54. The van der Waals surface area contributed by atoms with E-state index >= 15 is 0 Å². The van der Waals surface area contributed by atoms with Crippen molar-refractivity contribution in [2.45, 2.75) is 0 Å². The van der Waals surface area contributed by atoms with Gasteiger partial charge in [0, 0.05) is 17.7 Å². The minimum absolute atomic E-state index is 0.210. The summed E-state index contributed by atoms with van der Waals surface area (Å²) in [6.45, 7) is 0. The molecule has 0 fully saturated rings. The zero-order valence-electron chi connectivity index (χ0n) is 8.30. The Bertz CT molecular complexity index is 592. The lowest BCUT2D eigenvalue weighted by Gasteiger charge is -2.01. The van der Waals surface area contributed by atoms with Crippen LogP contribution in [0, 0.1) is 15.9 Å². The number of nitro benzene ring substituents is 1. The normalized spacial score (nSPS) is 10.2. The third kappa shape index (κ3) is 2.36. The molecule has 5 nitrogen and oxygen atoms in total. The first kappa shape index (κ1) is 11.4. The monoisotopic (exact) mass is 253 g/mol. The summed E-state index contributed by atoms with van der Waals surface area (Å²) in [5.41, 5.74) is 0.202. The Hall–Kier alpha value is -2.08. The molecule has 0 N–H and O–H groups in total. The Balaban J connectivity index is 2.54. The van der Waals surface area contributed by atoms with Crippen LogP contribution in [0.1, 0.15) is 0 Å². The highest BCUT2D eigenvalue weighted by molar-refractivity contribution is 6.29. The Labute approximate surface area is 100 Å². The average Bonchev–Trinajstić information content (AvgIpc) is 2.29. The first-order valence-corrected chi connectivity index (χ1v) is 4.87. The maximum absolute atomic E-state index is 13.1. The third-order valence-corrected chi connectivity index (χ3v) is 2.28. The van der Waals surface area contributed by atoms with Gasteiger partial charge >= 0.3 is 5.69 Å². The number of benzene rings is 1. The lowest BCUT2D eigenvalue weighted by Crippen LogP contribution is -1.94. The summed E-state index contributed by atoms with van der Waals surface area (Å²) in [4.78, 5) is 17.4. The van der Waals surface area contributed by atoms with Gasteiger partial charge < -0.3 is 0 Å². The summed E-state index contributed by atoms with van der Waals surface area (Å²) in [5, 5.41) is 10.8. The minimum Gasteiger partial charge on any atom is -0.258 e. The molecule has 2 aromatic rings. The second-order valence-electron chi connectivity index (χ2n) is 3.15. The van der Waals surface area contributed by atoms with Crippen LogP contribution in [0.25, 0.3) is 11.3 Å². The molecular formula is C10H5ClFN3O2. The number of rotatable bonds is 2. The van der Waals surface area contributed by atoms with E-state index in [-0.39, 0.29) is 5.15 Å². The standard InChI is InChI=1S/C10H5ClFN3O2/c11-10-4-8(13-5-14-10)6-1-2-7(12)9(3-6)15(16)17/h1-5H. The Morgan fingerprint density at radius 3 is 2.71 bits per heavy atom. The van der Waals surface area contributed by atoms with E-state index in [1.165, 1.54) is 18.5 Å². The fourth-order valence-corrected chi connectivity index (χ4v) is 1.45. The Morgan fingerprint density at radius 1 is 1.29 bits per heavy atom. The second kappa shape index (κ2) is 4.42. The van der Waals surface area contributed by atoms with Crippen molar-refractivity contribution in [3.63, 3.8) is 0 Å². The van der Waals surface area contributed by atoms with Gasteiger partial charge in [-0.15, -0.1) is 0 Å². The predicted molar refractivity (Wildman–Crippen MR) is 59.1 cm³/mol. The van der Waals surface area contributed by atoms with Crippen LogP contribution in [0.15, 0.2) is 30.6 Å². The predicted octanol–water partition coefficient (Wildman–Crippen LogP) is 2.84. The molecule has 0 aliphatic carbocycles. The minimum atomic E-state index is -0.890. The molecule has 0 bridgehead atoms. The highest BCUT2D eigenvalue weighted by atomic mass is 35.5. The number of aromatic nitrogens is 2. The van der Waals surface area contributed by atoms with Gasteiger partial charge in [0.25, 0.3) is 0 Å². The highest BCUT2D eigenvalue weighted by Crippen LogP contribution is 2.25. The molecule has 0 saturated heterocycles. The third-order valence-electron chi connectivity index (χ3n) is 2.07. The number of hydrogen-bond acceptors (Lipinski definition) is 4. The fraction of sp³-hybridized carbons (Fsp3) is 0. The van der Waals surface area contributed by atoms with Crippen LogP contribution in [0.4, 0.5) is 10.1 Å². The lowest BCUT2D eigenvalue weighted by atomic mass is 10.1. The molecule has 1 aromatic carbocycles. The van der Waals surface area contributed by atoms with E-state index in [1.807, 2.05) is 0 Å². The zero-order chi connectivity index (χ0) is 12.4. The Morgan fingerprint density at radius 2 is 2.06 bits per heavy atom. The van der Waals surface area contributed by atoms with Crippen LogP contribution >= 0.6 is 11.6 Å². The molecule has 0 aliphatic heterocycles. The van der Waals surface area contributed by atoms with Gasteiger partial charge in [-0.05, 0) is 12.1 Å². The van der Waals surface area contributed by atoms with Crippen molar-refractivity contribution in [1.29, 1.82) is 0 Å². The number of nitro groups is 1. The van der Waals surface area contributed by atoms with E-state index < -0.39 is 16.4 Å². The first-order valence-electron chi connectivity index (χ1n) is 4.50. The van der Waals surface area contributed by atoms with Gasteiger partial charge in [-0.3, -0.25) is 10.1 Å². The summed E-state index contributed by atoms with van der Waals surface area (Å²) >= 11 is 5.67. The highest BCUT2D eigenvalue weighted by Gasteiger charge is 2.15. The van der Waals surface area contributed by atoms with Crippen LogP contribution in [0.3, 0.4) is 0 Å². The zero-order valence-corrected chi connectivity index (χ0v) is 9.06. The number of halogens is 2. The molecule has 1 aromatic heterocycles. The molecule has 0 saturated carbocycles. The molecule has 1 heterocycles. The van der Waals surface area contributed by atoms with Crippen LogP contribution < -0.4 is 0 Å². The summed E-state index contributed by atoms with van der Waals surface area (Å²) in [6, 6.07) is 4.96. The largest absolute Gasteiger partial charge is 0.305 e. The van der Waals surface area contributed by atoms with Gasteiger partial charge in [0.15, 0.2) is 0 Å². The van der Waals surface area contributed by atoms with E-state index in [9.17, 15) is 14.5 Å². The van der Waals surface area contributed by atoms with Crippen LogP contribution in [-0.2, 0) is 0 Å². The van der Waals surface area contributed by atoms with E-state index in [4.69, 9.17) is 11.6 Å². The van der Waals surface area contributed by atoms with Gasteiger partial charge in [0.1, 0.15) is 11.5 Å². The molecule has 0 amide bonds. The maximum atomic E-state index is 13.1. The van der Waals surface area contributed by atoms with Crippen molar-refractivity contribution in [3.05, 3.63) is 51.7 Å². The quantitative estimate of drug-likeness (QED) is 0.469. The molecule has 86 valence electrons. The molecule has 0 aliphatic rings. The van der Waals surface area contributed by atoms with Crippen molar-refractivity contribution in [2.75, 3.05) is 0 Å². The summed E-state index contributed by atoms with van der Waals surface area (Å²) in [7, 11) is 0. The van der Waals surface area contributed by atoms with Gasteiger partial charge in [-0.2, -0.15) is 4.39 Å². The van der Waals surface area contributed by atoms with Crippen LogP contribution in [-0.4, -0.2) is 14.9 Å². The maximum Gasteiger partial charge on any atom is 0.305 e. The van der Waals surface area contributed by atoms with Crippen molar-refractivity contribution >= 4 is 17.3 Å². The fourth-order valence-electron chi connectivity index (χ4n) is 1.30. The van der Waals surface area contributed by atoms with Gasteiger partial charge in [0.05, 0.1) is 10.6 Å². The molecule has 17 heavy (non-hydrogen) atoms. The smallest absolute Gasteiger partial charge is 0.258 e. The van der Waals surface area contributed by atoms with Crippen molar-refractivity contribution in [3.8, 4) is 11.3 Å². The average molecular weight is 254 g/mol. The van der Waals surface area contributed by atoms with E-state index in [1.54, 1.807) is 0 Å². The Kier molecular flexibility index (Phi) is 2.97. The van der Waals surface area contributed by atoms with E-state index in [0.717, 1.165) is 12.1 Å². The topological polar surface area (TPSA) is 68.9 Å². The SMILES string of the molecule is O=[N+]([O-])c1cc(-c2cc(Cl)ncn2)ccc1F. The summed E-state index contributed by atoms with van der Waals surface area (Å²) < 4.78 is 13.1. The molecule has 0 atom stereocenters. The molecular weight excluding hydrogens is 249 g/mol. The van der Waals surface area contributed by atoms with Gasteiger partial charge in [-0.1, -0.05) is 11.6 Å². The van der Waals surface area contributed by atoms with Crippen LogP contribution in [0.5, 0.6) is 0 Å². The van der Waals surface area contributed by atoms with Crippen molar-refractivity contribution < 1.29 is 9.31 Å². The molecule has 0 radical (unpaired) electrons. The van der Waals surface area contributed by atoms with Crippen LogP contribution in [0.2, 0.25) is 5.15 Å². The molecule has 0 spiro atoms. The van der Waals surface area contributed by atoms with Crippen molar-refractivity contribution in [2.24, 2.45) is 0 Å². The summed E-state index contributed by atoms with van der Waals surface area (Å²) in [6.07, 6.45) is 1.23. The van der Waals surface area contributed by atoms with Gasteiger partial charge in [-0.25, -0.2) is 9.97 Å². The lowest BCUT2D eigenvalue weighted by molar-refractivity contribution is -0.387. The van der Waals surface area contributed by atoms with E-state index in [0.29, 0.717) is 11.3 Å². The first-order chi connectivity index (χ1) is 8.08. The number of hydrogen-bond donors (Lipinski definition) is 0. The summed E-state index contributed by atoms with van der Waals surface area (Å²) in [5.74, 6) is -0.890. The van der Waals surface area contributed by atoms with Crippen molar-refractivity contribution in [1.82, 2.24) is 9.97 Å². The van der Waals surface area contributed by atoms with Gasteiger partial charge in [0.2, 0.25) is 5.82 Å². The molecule has 7 heteroatoms.